The van der Waals surface area contributed by atoms with Gasteiger partial charge in [0.2, 0.25) is 0 Å². The van der Waals surface area contributed by atoms with Crippen LogP contribution in [0.2, 0.25) is 0 Å². The molecule has 0 aliphatic rings. The van der Waals surface area contributed by atoms with Crippen molar-refractivity contribution in [1.29, 1.82) is 0 Å². The summed E-state index contributed by atoms with van der Waals surface area (Å²) in [4.78, 5) is 4.23. The molecule has 0 aliphatic carbocycles. The third-order valence-electron chi connectivity index (χ3n) is 1.84. The summed E-state index contributed by atoms with van der Waals surface area (Å²) in [5, 5.41) is 10.4. The molecule has 1 radical (unpaired) electrons. The van der Waals surface area contributed by atoms with E-state index in [1.807, 2.05) is 31.2 Å². The van der Waals surface area contributed by atoms with Gasteiger partial charge in [0.25, 0.3) is 0 Å². The Morgan fingerprint density at radius 3 is 2.69 bits per heavy atom. The van der Waals surface area contributed by atoms with Gasteiger partial charge in [0.1, 0.15) is 11.3 Å². The van der Waals surface area contributed by atoms with E-state index in [1.54, 1.807) is 6.07 Å². The van der Waals surface area contributed by atoms with Crippen LogP contribution in [0.4, 0.5) is 0 Å². The Balaban J connectivity index is 0.000000845. The zero-order valence-corrected chi connectivity index (χ0v) is 10.2. The third kappa shape index (κ3) is 2.06. The first kappa shape index (κ1) is 10.6. The topological polar surface area (TPSA) is 33.1 Å². The van der Waals surface area contributed by atoms with Crippen LogP contribution in [0, 0.1) is 6.92 Å². The van der Waals surface area contributed by atoms with Gasteiger partial charge in [-0.3, -0.25) is 0 Å². The Morgan fingerprint density at radius 1 is 1.15 bits per heavy atom. The van der Waals surface area contributed by atoms with E-state index in [9.17, 15) is 5.11 Å². The maximum absolute atomic E-state index is 9.43. The smallest absolute Gasteiger partial charge is 0.141 e. The van der Waals surface area contributed by atoms with Crippen molar-refractivity contribution in [3.8, 4) is 5.75 Å². The number of rotatable bonds is 0. The van der Waals surface area contributed by atoms with Crippen LogP contribution in [0.5, 0.6) is 5.75 Å². The first-order chi connectivity index (χ1) is 5.77. The second-order valence-corrected chi connectivity index (χ2v) is 2.80. The van der Waals surface area contributed by atoms with E-state index in [-0.39, 0.29) is 38.5 Å². The van der Waals surface area contributed by atoms with Crippen molar-refractivity contribution >= 4 is 10.9 Å². The molecule has 0 fully saturated rings. The van der Waals surface area contributed by atoms with Gasteiger partial charge >= 0.3 is 0 Å². The van der Waals surface area contributed by atoms with Crippen molar-refractivity contribution in [3.63, 3.8) is 0 Å². The average Bonchev–Trinajstić information content (AvgIpc) is 2.07. The molecule has 63 valence electrons. The minimum absolute atomic E-state index is 0. The van der Waals surface area contributed by atoms with E-state index >= 15 is 0 Å². The molecule has 1 aromatic carbocycles. The minimum Gasteiger partial charge on any atom is -0.506 e. The molecular formula is C10H9NOY. The normalized spacial score (nSPS) is 9.62. The van der Waals surface area contributed by atoms with E-state index in [0.29, 0.717) is 5.52 Å². The minimum atomic E-state index is 0. The quantitative estimate of drug-likeness (QED) is 0.775. The Labute approximate surface area is 102 Å². The molecular weight excluding hydrogens is 239 g/mol. The Morgan fingerprint density at radius 2 is 1.92 bits per heavy atom. The Bertz CT molecular complexity index is 428. The fourth-order valence-electron chi connectivity index (χ4n) is 1.23. The number of aromatic nitrogens is 1. The second-order valence-electron chi connectivity index (χ2n) is 2.80. The maximum atomic E-state index is 9.43. The third-order valence-corrected chi connectivity index (χ3v) is 1.84. The molecule has 1 heterocycles. The fourth-order valence-corrected chi connectivity index (χ4v) is 1.23. The van der Waals surface area contributed by atoms with Crippen LogP contribution in [0.3, 0.4) is 0 Å². The first-order valence-corrected chi connectivity index (χ1v) is 3.83. The van der Waals surface area contributed by atoms with Crippen LogP contribution in [-0.2, 0) is 32.7 Å². The van der Waals surface area contributed by atoms with Gasteiger partial charge in [0.15, 0.2) is 0 Å². The molecule has 0 unspecified atom stereocenters. The second kappa shape index (κ2) is 4.16. The molecule has 3 heteroatoms. The summed E-state index contributed by atoms with van der Waals surface area (Å²) in [5.74, 6) is 0.246. The molecule has 0 amide bonds. The van der Waals surface area contributed by atoms with E-state index in [4.69, 9.17) is 0 Å². The van der Waals surface area contributed by atoms with Crippen molar-refractivity contribution in [2.24, 2.45) is 0 Å². The summed E-state index contributed by atoms with van der Waals surface area (Å²) in [7, 11) is 0. The van der Waals surface area contributed by atoms with Gasteiger partial charge in [0, 0.05) is 43.8 Å². The number of aryl methyl sites for hydroxylation is 1. The van der Waals surface area contributed by atoms with Crippen molar-refractivity contribution in [2.75, 3.05) is 0 Å². The summed E-state index contributed by atoms with van der Waals surface area (Å²) in [5.41, 5.74) is 1.60. The van der Waals surface area contributed by atoms with Gasteiger partial charge in [-0.2, -0.15) is 0 Å². The maximum Gasteiger partial charge on any atom is 0.141 e. The number of pyridine rings is 1. The van der Waals surface area contributed by atoms with E-state index in [0.717, 1.165) is 11.1 Å². The van der Waals surface area contributed by atoms with Crippen LogP contribution >= 0.6 is 0 Å². The summed E-state index contributed by atoms with van der Waals surface area (Å²) < 4.78 is 0. The fraction of sp³-hybridized carbons (Fsp3) is 0.100. The van der Waals surface area contributed by atoms with Crippen LogP contribution in [0.15, 0.2) is 30.3 Å². The van der Waals surface area contributed by atoms with Crippen LogP contribution < -0.4 is 0 Å². The van der Waals surface area contributed by atoms with Crippen molar-refractivity contribution < 1.29 is 37.8 Å². The van der Waals surface area contributed by atoms with E-state index in [1.165, 1.54) is 0 Å². The molecule has 0 saturated heterocycles. The summed E-state index contributed by atoms with van der Waals surface area (Å²) in [6.07, 6.45) is 0. The number of aromatic hydroxyl groups is 1. The number of hydrogen-bond acceptors (Lipinski definition) is 2. The monoisotopic (exact) mass is 248 g/mol. The van der Waals surface area contributed by atoms with E-state index in [2.05, 4.69) is 4.98 Å². The number of benzene rings is 1. The molecule has 0 spiro atoms. The largest absolute Gasteiger partial charge is 0.506 e. The van der Waals surface area contributed by atoms with Gasteiger partial charge in [-0.25, -0.2) is 4.98 Å². The Hall–Kier alpha value is -0.466. The summed E-state index contributed by atoms with van der Waals surface area (Å²) in [6, 6.07) is 9.28. The number of para-hydroxylation sites is 1. The number of fused-ring (bicyclic) bond motifs is 1. The molecule has 1 N–H and O–H groups in total. The predicted molar refractivity (Wildman–Crippen MR) is 48.1 cm³/mol. The van der Waals surface area contributed by atoms with Crippen molar-refractivity contribution in [2.45, 2.75) is 6.92 Å². The van der Waals surface area contributed by atoms with Crippen LogP contribution in [0.25, 0.3) is 10.9 Å². The SMILES string of the molecule is Cc1ccc2cccc(O)c2n1.[Y]. The first-order valence-electron chi connectivity index (χ1n) is 3.83. The number of phenolic OH excluding ortho intramolecular Hbond substituents is 1. The van der Waals surface area contributed by atoms with Crippen molar-refractivity contribution in [1.82, 2.24) is 4.98 Å². The standard InChI is InChI=1S/C10H9NO.Y/c1-7-5-6-8-3-2-4-9(12)10(8)11-7;/h2-6,12H,1H3;. The van der Waals surface area contributed by atoms with Gasteiger partial charge in [-0.15, -0.1) is 0 Å². The predicted octanol–water partition coefficient (Wildman–Crippen LogP) is 2.25. The van der Waals surface area contributed by atoms with Gasteiger partial charge in [-0.05, 0) is 19.1 Å². The van der Waals surface area contributed by atoms with Gasteiger partial charge in [0.05, 0.1) is 0 Å². The van der Waals surface area contributed by atoms with Gasteiger partial charge < -0.3 is 5.11 Å². The average molecular weight is 248 g/mol. The van der Waals surface area contributed by atoms with E-state index < -0.39 is 0 Å². The van der Waals surface area contributed by atoms with Crippen LogP contribution in [0.1, 0.15) is 5.69 Å². The molecule has 2 rings (SSSR count). The molecule has 2 aromatic rings. The molecule has 0 aliphatic heterocycles. The molecule has 1 aromatic heterocycles. The van der Waals surface area contributed by atoms with Crippen molar-refractivity contribution in [3.05, 3.63) is 36.0 Å². The zero-order valence-electron chi connectivity index (χ0n) is 7.36. The number of nitrogens with zero attached hydrogens (tertiary/aromatic N) is 1. The molecule has 2 nitrogen and oxygen atoms in total. The van der Waals surface area contributed by atoms with Crippen LogP contribution in [-0.4, -0.2) is 10.1 Å². The number of phenols is 1. The molecule has 0 bridgehead atoms. The van der Waals surface area contributed by atoms with Gasteiger partial charge in [-0.1, -0.05) is 18.2 Å². The summed E-state index contributed by atoms with van der Waals surface area (Å²) >= 11 is 0. The molecule has 0 atom stereocenters. The Kier molecular flexibility index (Phi) is 3.40. The molecule has 0 saturated carbocycles. The zero-order chi connectivity index (χ0) is 8.55. The number of hydrogen-bond donors (Lipinski definition) is 1. The summed E-state index contributed by atoms with van der Waals surface area (Å²) in [6.45, 7) is 1.91. The molecule has 13 heavy (non-hydrogen) atoms.